The second-order valence-corrected chi connectivity index (χ2v) is 6.50. The van der Waals surface area contributed by atoms with Crippen LogP contribution in [-0.4, -0.2) is 21.5 Å². The summed E-state index contributed by atoms with van der Waals surface area (Å²) in [5.74, 6) is 2.24. The highest BCUT2D eigenvalue weighted by molar-refractivity contribution is 14.1. The van der Waals surface area contributed by atoms with Crippen molar-refractivity contribution in [2.75, 3.05) is 11.9 Å². The third-order valence-corrected chi connectivity index (χ3v) is 4.12. The number of halogens is 1. The molecule has 0 fully saturated rings. The Labute approximate surface area is 140 Å². The average Bonchev–Trinajstić information content (AvgIpc) is 2.48. The molecule has 0 spiro atoms. The molecular formula is C16H21IN4. The van der Waals surface area contributed by atoms with Crippen molar-refractivity contribution in [1.29, 1.82) is 0 Å². The fourth-order valence-corrected chi connectivity index (χ4v) is 2.65. The zero-order valence-electron chi connectivity index (χ0n) is 12.7. The lowest BCUT2D eigenvalue weighted by Crippen LogP contribution is -2.10. The monoisotopic (exact) mass is 396 g/mol. The van der Waals surface area contributed by atoms with Gasteiger partial charge in [0.25, 0.3) is 0 Å². The molecule has 2 aromatic heterocycles. The SMILES string of the molecule is CCCNc1nc(-c2cccnc2)nc(CC(C)C)c1I. The molecule has 112 valence electrons. The standard InChI is InChI=1S/C16H21IN4/c1-4-7-19-16-14(17)13(9-11(2)3)20-15(21-16)12-6-5-8-18-10-12/h5-6,8,10-11H,4,7,9H2,1-3H3,(H,19,20,21). The van der Waals surface area contributed by atoms with Crippen LogP contribution in [0.2, 0.25) is 0 Å². The molecule has 2 aromatic rings. The number of aromatic nitrogens is 3. The van der Waals surface area contributed by atoms with Gasteiger partial charge in [-0.2, -0.15) is 0 Å². The molecule has 0 saturated carbocycles. The Morgan fingerprint density at radius 3 is 2.71 bits per heavy atom. The molecule has 0 radical (unpaired) electrons. The fraction of sp³-hybridized carbons (Fsp3) is 0.438. The highest BCUT2D eigenvalue weighted by Gasteiger charge is 2.14. The minimum Gasteiger partial charge on any atom is -0.369 e. The van der Waals surface area contributed by atoms with Crippen LogP contribution in [0.15, 0.2) is 24.5 Å². The number of anilines is 1. The van der Waals surface area contributed by atoms with Gasteiger partial charge in [-0.25, -0.2) is 9.97 Å². The van der Waals surface area contributed by atoms with Crippen molar-refractivity contribution in [1.82, 2.24) is 15.0 Å². The van der Waals surface area contributed by atoms with Crippen LogP contribution in [0.4, 0.5) is 5.82 Å². The predicted octanol–water partition coefficient (Wildman–Crippen LogP) is 4.16. The molecular weight excluding hydrogens is 375 g/mol. The van der Waals surface area contributed by atoms with Crippen LogP contribution in [0.3, 0.4) is 0 Å². The molecule has 0 saturated heterocycles. The average molecular weight is 396 g/mol. The van der Waals surface area contributed by atoms with Crippen LogP contribution < -0.4 is 5.32 Å². The summed E-state index contributed by atoms with van der Waals surface area (Å²) < 4.78 is 1.13. The van der Waals surface area contributed by atoms with Crippen molar-refractivity contribution >= 4 is 28.4 Å². The maximum absolute atomic E-state index is 4.75. The van der Waals surface area contributed by atoms with E-state index >= 15 is 0 Å². The van der Waals surface area contributed by atoms with Crippen molar-refractivity contribution in [3.05, 3.63) is 33.8 Å². The number of nitrogens with one attached hydrogen (secondary N) is 1. The van der Waals surface area contributed by atoms with E-state index in [0.717, 1.165) is 45.9 Å². The van der Waals surface area contributed by atoms with Crippen LogP contribution in [-0.2, 0) is 6.42 Å². The Hall–Kier alpha value is -1.24. The first-order chi connectivity index (χ1) is 10.1. The molecule has 0 unspecified atom stereocenters. The topological polar surface area (TPSA) is 50.7 Å². The quantitative estimate of drug-likeness (QED) is 0.745. The largest absolute Gasteiger partial charge is 0.369 e. The molecule has 0 aliphatic rings. The molecule has 0 atom stereocenters. The molecule has 0 aromatic carbocycles. The third kappa shape index (κ3) is 4.36. The van der Waals surface area contributed by atoms with Gasteiger partial charge >= 0.3 is 0 Å². The maximum atomic E-state index is 4.75. The van der Waals surface area contributed by atoms with Gasteiger partial charge < -0.3 is 5.32 Å². The minimum absolute atomic E-state index is 0.564. The first-order valence-electron chi connectivity index (χ1n) is 7.32. The zero-order chi connectivity index (χ0) is 15.2. The Kier molecular flexibility index (Phi) is 5.90. The number of hydrogen-bond donors (Lipinski definition) is 1. The van der Waals surface area contributed by atoms with Gasteiger partial charge in [-0.05, 0) is 53.5 Å². The van der Waals surface area contributed by atoms with E-state index < -0.39 is 0 Å². The lowest BCUT2D eigenvalue weighted by molar-refractivity contribution is 0.632. The smallest absolute Gasteiger partial charge is 0.163 e. The molecule has 0 bridgehead atoms. The number of rotatable bonds is 6. The summed E-state index contributed by atoms with van der Waals surface area (Å²) >= 11 is 2.35. The fourth-order valence-electron chi connectivity index (χ4n) is 2.00. The second-order valence-electron chi connectivity index (χ2n) is 5.42. The van der Waals surface area contributed by atoms with Gasteiger partial charge in [-0.3, -0.25) is 4.98 Å². The molecule has 5 heteroatoms. The highest BCUT2D eigenvalue weighted by atomic mass is 127. The summed E-state index contributed by atoms with van der Waals surface area (Å²) in [5.41, 5.74) is 2.07. The predicted molar refractivity (Wildman–Crippen MR) is 95.3 cm³/mol. The first kappa shape index (κ1) is 16.1. The molecule has 2 heterocycles. The van der Waals surface area contributed by atoms with E-state index in [-0.39, 0.29) is 0 Å². The molecule has 1 N–H and O–H groups in total. The van der Waals surface area contributed by atoms with Gasteiger partial charge in [-0.15, -0.1) is 0 Å². The van der Waals surface area contributed by atoms with E-state index in [1.54, 1.807) is 6.20 Å². The van der Waals surface area contributed by atoms with E-state index in [2.05, 4.69) is 58.6 Å². The summed E-state index contributed by atoms with van der Waals surface area (Å²) in [7, 11) is 0. The van der Waals surface area contributed by atoms with Gasteiger partial charge in [0.05, 0.1) is 9.26 Å². The molecule has 0 aliphatic carbocycles. The second kappa shape index (κ2) is 7.68. The molecule has 0 aliphatic heterocycles. The van der Waals surface area contributed by atoms with Gasteiger partial charge in [0.2, 0.25) is 0 Å². The van der Waals surface area contributed by atoms with E-state index in [4.69, 9.17) is 4.98 Å². The highest BCUT2D eigenvalue weighted by Crippen LogP contribution is 2.25. The molecule has 2 rings (SSSR count). The Morgan fingerprint density at radius 1 is 1.29 bits per heavy atom. The van der Waals surface area contributed by atoms with E-state index in [1.165, 1.54) is 0 Å². The van der Waals surface area contributed by atoms with Crippen LogP contribution in [0.5, 0.6) is 0 Å². The summed E-state index contributed by atoms with van der Waals surface area (Å²) in [6.45, 7) is 7.49. The zero-order valence-corrected chi connectivity index (χ0v) is 14.9. The number of hydrogen-bond acceptors (Lipinski definition) is 4. The maximum Gasteiger partial charge on any atom is 0.163 e. The summed E-state index contributed by atoms with van der Waals surface area (Å²) in [6.07, 6.45) is 5.60. The van der Waals surface area contributed by atoms with E-state index in [0.29, 0.717) is 5.92 Å². The normalized spacial score (nSPS) is 10.9. The van der Waals surface area contributed by atoms with Crippen molar-refractivity contribution < 1.29 is 0 Å². The molecule has 4 nitrogen and oxygen atoms in total. The Morgan fingerprint density at radius 2 is 2.10 bits per heavy atom. The van der Waals surface area contributed by atoms with E-state index in [9.17, 15) is 0 Å². The van der Waals surface area contributed by atoms with Crippen LogP contribution >= 0.6 is 22.6 Å². The van der Waals surface area contributed by atoms with Crippen LogP contribution in [0.25, 0.3) is 11.4 Å². The van der Waals surface area contributed by atoms with Gasteiger partial charge in [-0.1, -0.05) is 20.8 Å². The lowest BCUT2D eigenvalue weighted by atomic mass is 10.1. The lowest BCUT2D eigenvalue weighted by Gasteiger charge is -2.14. The van der Waals surface area contributed by atoms with E-state index in [1.807, 2.05) is 18.3 Å². The minimum atomic E-state index is 0.564. The van der Waals surface area contributed by atoms with Gasteiger partial charge in [0.15, 0.2) is 5.82 Å². The van der Waals surface area contributed by atoms with Crippen LogP contribution in [0.1, 0.15) is 32.9 Å². The number of pyridine rings is 1. The summed E-state index contributed by atoms with van der Waals surface area (Å²) in [5, 5.41) is 3.41. The Balaban J connectivity index is 2.45. The summed E-state index contributed by atoms with van der Waals surface area (Å²) in [4.78, 5) is 13.6. The summed E-state index contributed by atoms with van der Waals surface area (Å²) in [6, 6.07) is 3.91. The van der Waals surface area contributed by atoms with Crippen molar-refractivity contribution in [3.8, 4) is 11.4 Å². The van der Waals surface area contributed by atoms with Crippen LogP contribution in [0, 0.1) is 9.49 Å². The van der Waals surface area contributed by atoms with Gasteiger partial charge in [0.1, 0.15) is 5.82 Å². The Bertz CT molecular complexity index is 584. The van der Waals surface area contributed by atoms with Crippen molar-refractivity contribution in [2.45, 2.75) is 33.6 Å². The molecule has 21 heavy (non-hydrogen) atoms. The number of nitrogens with zero attached hydrogens (tertiary/aromatic N) is 3. The van der Waals surface area contributed by atoms with Gasteiger partial charge in [0, 0.05) is 24.5 Å². The van der Waals surface area contributed by atoms with Crippen molar-refractivity contribution in [3.63, 3.8) is 0 Å². The third-order valence-electron chi connectivity index (χ3n) is 2.98. The molecule has 0 amide bonds. The van der Waals surface area contributed by atoms with Crippen molar-refractivity contribution in [2.24, 2.45) is 5.92 Å². The first-order valence-corrected chi connectivity index (χ1v) is 8.40.